The summed E-state index contributed by atoms with van der Waals surface area (Å²) in [5.74, 6) is 0.829. The number of rotatable bonds is 5. The Labute approximate surface area is 120 Å². The van der Waals surface area contributed by atoms with Gasteiger partial charge in [-0.3, -0.25) is 4.98 Å². The fourth-order valence-corrected chi connectivity index (χ4v) is 2.35. The first-order valence-corrected chi connectivity index (χ1v) is 6.66. The molecule has 1 atom stereocenters. The summed E-state index contributed by atoms with van der Waals surface area (Å²) in [6, 6.07) is 9.92. The van der Waals surface area contributed by atoms with E-state index in [9.17, 15) is 0 Å². The lowest BCUT2D eigenvalue weighted by Crippen LogP contribution is -2.20. The van der Waals surface area contributed by atoms with Gasteiger partial charge in [-0.15, -0.1) is 0 Å². The molecule has 0 aliphatic carbocycles. The molecule has 0 fully saturated rings. The summed E-state index contributed by atoms with van der Waals surface area (Å²) in [6.07, 6.45) is 3.66. The molecule has 1 aromatic carbocycles. The van der Waals surface area contributed by atoms with E-state index in [0.29, 0.717) is 0 Å². The minimum Gasteiger partial charge on any atom is -0.496 e. The van der Waals surface area contributed by atoms with Crippen molar-refractivity contribution in [3.63, 3.8) is 0 Å². The fourth-order valence-electron chi connectivity index (χ4n) is 2.35. The van der Waals surface area contributed by atoms with Crippen molar-refractivity contribution in [1.29, 1.82) is 0 Å². The second-order valence-corrected chi connectivity index (χ2v) is 4.90. The number of benzene rings is 1. The maximum atomic E-state index is 6.10. The van der Waals surface area contributed by atoms with Crippen LogP contribution >= 0.6 is 0 Å². The highest BCUT2D eigenvalue weighted by atomic mass is 16.5. The Morgan fingerprint density at radius 3 is 2.70 bits per heavy atom. The molecule has 0 bridgehead atoms. The highest BCUT2D eigenvalue weighted by Crippen LogP contribution is 2.33. The molecular formula is C16H21N3O. The van der Waals surface area contributed by atoms with E-state index in [1.807, 2.05) is 38.4 Å². The van der Waals surface area contributed by atoms with Gasteiger partial charge in [0.15, 0.2) is 0 Å². The van der Waals surface area contributed by atoms with E-state index in [4.69, 9.17) is 10.5 Å². The Hall–Kier alpha value is -2.07. The predicted molar refractivity (Wildman–Crippen MR) is 81.9 cm³/mol. The van der Waals surface area contributed by atoms with Crippen LogP contribution in [-0.4, -0.2) is 19.1 Å². The summed E-state index contributed by atoms with van der Waals surface area (Å²) in [5.41, 5.74) is 9.38. The Morgan fingerprint density at radius 1 is 1.30 bits per heavy atom. The zero-order valence-electron chi connectivity index (χ0n) is 12.2. The summed E-state index contributed by atoms with van der Waals surface area (Å²) in [4.78, 5) is 6.31. The monoisotopic (exact) mass is 271 g/mol. The molecule has 4 heteroatoms. The molecule has 20 heavy (non-hydrogen) atoms. The van der Waals surface area contributed by atoms with Crippen LogP contribution in [0.2, 0.25) is 0 Å². The molecule has 0 saturated carbocycles. The second-order valence-electron chi connectivity index (χ2n) is 4.90. The number of pyridine rings is 1. The van der Waals surface area contributed by atoms with Crippen LogP contribution in [0.25, 0.3) is 0 Å². The largest absolute Gasteiger partial charge is 0.496 e. The first kappa shape index (κ1) is 14.3. The van der Waals surface area contributed by atoms with E-state index < -0.39 is 0 Å². The minimum atomic E-state index is -0.0856. The Kier molecular flexibility index (Phi) is 4.58. The van der Waals surface area contributed by atoms with Crippen molar-refractivity contribution in [1.82, 2.24) is 4.98 Å². The molecule has 4 nitrogen and oxygen atoms in total. The number of methoxy groups -OCH3 is 1. The van der Waals surface area contributed by atoms with E-state index in [1.165, 1.54) is 0 Å². The molecule has 1 aromatic heterocycles. The van der Waals surface area contributed by atoms with Crippen LogP contribution in [0.15, 0.2) is 42.7 Å². The van der Waals surface area contributed by atoms with Crippen LogP contribution in [0.5, 0.6) is 5.75 Å². The molecule has 0 saturated heterocycles. The van der Waals surface area contributed by atoms with Crippen LogP contribution < -0.4 is 15.4 Å². The van der Waals surface area contributed by atoms with Gasteiger partial charge in [0, 0.05) is 43.3 Å². The molecule has 2 N–H and O–H groups in total. The summed E-state index contributed by atoms with van der Waals surface area (Å²) in [5, 5.41) is 0. The van der Waals surface area contributed by atoms with Crippen molar-refractivity contribution in [3.05, 3.63) is 53.9 Å². The van der Waals surface area contributed by atoms with Crippen LogP contribution in [0.3, 0.4) is 0 Å². The van der Waals surface area contributed by atoms with Crippen molar-refractivity contribution in [2.24, 2.45) is 5.73 Å². The van der Waals surface area contributed by atoms with Gasteiger partial charge < -0.3 is 15.4 Å². The van der Waals surface area contributed by atoms with Gasteiger partial charge >= 0.3 is 0 Å². The Bertz CT molecular complexity index is 555. The molecule has 0 amide bonds. The standard InChI is InChI=1S/C16H21N3O/c1-12(17)16-14(7-4-8-15(16)20-3)19(2)11-13-6-5-9-18-10-13/h4-10,12H,11,17H2,1-3H3/t12-/m1/s1. The lowest BCUT2D eigenvalue weighted by Gasteiger charge is -2.25. The second kappa shape index (κ2) is 6.39. The molecule has 2 aromatic rings. The lowest BCUT2D eigenvalue weighted by atomic mass is 10.0. The van der Waals surface area contributed by atoms with Gasteiger partial charge in [0.2, 0.25) is 0 Å². The summed E-state index contributed by atoms with van der Waals surface area (Å²) >= 11 is 0. The predicted octanol–water partition coefficient (Wildman–Crippen LogP) is 2.75. The molecule has 0 unspecified atom stereocenters. The molecule has 1 heterocycles. The van der Waals surface area contributed by atoms with Crippen LogP contribution in [-0.2, 0) is 6.54 Å². The van der Waals surface area contributed by atoms with Gasteiger partial charge in [-0.25, -0.2) is 0 Å². The van der Waals surface area contributed by atoms with Gasteiger partial charge in [-0.2, -0.15) is 0 Å². The quantitative estimate of drug-likeness (QED) is 0.908. The van der Waals surface area contributed by atoms with E-state index >= 15 is 0 Å². The topological polar surface area (TPSA) is 51.4 Å². The summed E-state index contributed by atoms with van der Waals surface area (Å²) < 4.78 is 5.43. The Balaban J connectivity index is 2.32. The van der Waals surface area contributed by atoms with Crippen molar-refractivity contribution in [2.75, 3.05) is 19.1 Å². The molecular weight excluding hydrogens is 250 g/mol. The van der Waals surface area contributed by atoms with E-state index in [0.717, 1.165) is 29.1 Å². The molecule has 0 radical (unpaired) electrons. The normalized spacial score (nSPS) is 12.0. The number of hydrogen-bond donors (Lipinski definition) is 1. The number of aromatic nitrogens is 1. The van der Waals surface area contributed by atoms with Crippen molar-refractivity contribution >= 4 is 5.69 Å². The van der Waals surface area contributed by atoms with Crippen LogP contribution in [0.1, 0.15) is 24.1 Å². The minimum absolute atomic E-state index is 0.0856. The summed E-state index contributed by atoms with van der Waals surface area (Å²) in [7, 11) is 3.72. The smallest absolute Gasteiger partial charge is 0.125 e. The third-order valence-corrected chi connectivity index (χ3v) is 3.27. The van der Waals surface area contributed by atoms with Crippen molar-refractivity contribution in [2.45, 2.75) is 19.5 Å². The summed E-state index contributed by atoms with van der Waals surface area (Å²) in [6.45, 7) is 2.75. The molecule has 2 rings (SSSR count). The molecule has 106 valence electrons. The Morgan fingerprint density at radius 2 is 2.10 bits per heavy atom. The van der Waals surface area contributed by atoms with Gasteiger partial charge in [-0.1, -0.05) is 12.1 Å². The van der Waals surface area contributed by atoms with Crippen molar-refractivity contribution < 1.29 is 4.74 Å². The first-order valence-electron chi connectivity index (χ1n) is 6.66. The van der Waals surface area contributed by atoms with Crippen molar-refractivity contribution in [3.8, 4) is 5.75 Å². The maximum Gasteiger partial charge on any atom is 0.125 e. The number of anilines is 1. The van der Waals surface area contributed by atoms with Gasteiger partial charge in [-0.05, 0) is 30.7 Å². The number of hydrogen-bond acceptors (Lipinski definition) is 4. The highest BCUT2D eigenvalue weighted by molar-refractivity contribution is 5.60. The molecule has 0 spiro atoms. The van der Waals surface area contributed by atoms with Crippen LogP contribution in [0, 0.1) is 0 Å². The third-order valence-electron chi connectivity index (χ3n) is 3.27. The maximum absolute atomic E-state index is 6.10. The average Bonchev–Trinajstić information content (AvgIpc) is 2.47. The first-order chi connectivity index (χ1) is 9.63. The van der Waals surface area contributed by atoms with Crippen LogP contribution in [0.4, 0.5) is 5.69 Å². The molecule has 0 aliphatic rings. The molecule has 0 aliphatic heterocycles. The highest BCUT2D eigenvalue weighted by Gasteiger charge is 2.16. The van der Waals surface area contributed by atoms with E-state index in [-0.39, 0.29) is 6.04 Å². The lowest BCUT2D eigenvalue weighted by molar-refractivity contribution is 0.407. The van der Waals surface area contributed by atoms with Gasteiger partial charge in [0.1, 0.15) is 5.75 Å². The SMILES string of the molecule is COc1cccc(N(C)Cc2cccnc2)c1[C@@H](C)N. The van der Waals surface area contributed by atoms with Gasteiger partial charge in [0.05, 0.1) is 7.11 Å². The fraction of sp³-hybridized carbons (Fsp3) is 0.312. The number of ether oxygens (including phenoxy) is 1. The average molecular weight is 271 g/mol. The van der Waals surface area contributed by atoms with Gasteiger partial charge in [0.25, 0.3) is 0 Å². The van der Waals surface area contributed by atoms with E-state index in [1.54, 1.807) is 13.3 Å². The third kappa shape index (κ3) is 3.08. The zero-order chi connectivity index (χ0) is 14.5. The van der Waals surface area contributed by atoms with E-state index in [2.05, 4.69) is 22.0 Å². The number of nitrogens with zero attached hydrogens (tertiary/aromatic N) is 2. The zero-order valence-corrected chi connectivity index (χ0v) is 12.2. The number of nitrogens with two attached hydrogens (primary N) is 1.